The lowest BCUT2D eigenvalue weighted by molar-refractivity contribution is -0.136. The number of ether oxygens (including phenoxy) is 2. The zero-order valence-electron chi connectivity index (χ0n) is 20.7. The largest absolute Gasteiger partial charge is 0.495 e. The maximum atomic E-state index is 13.4. The van der Waals surface area contributed by atoms with Gasteiger partial charge in [0, 0.05) is 39.0 Å². The van der Waals surface area contributed by atoms with E-state index in [1.54, 1.807) is 40.9 Å². The number of aryl methyl sites for hydroxylation is 1. The third-order valence-corrected chi connectivity index (χ3v) is 8.20. The molecule has 3 rings (SSSR count). The minimum Gasteiger partial charge on any atom is -0.495 e. The molecular weight excluding hydrogens is 474 g/mol. The Bertz CT molecular complexity index is 1090. The van der Waals surface area contributed by atoms with Crippen molar-refractivity contribution in [3.8, 4) is 5.75 Å². The van der Waals surface area contributed by atoms with E-state index in [1.807, 2.05) is 6.92 Å². The third kappa shape index (κ3) is 6.37. The number of carbonyl (C=O) groups is 1. The van der Waals surface area contributed by atoms with Crippen LogP contribution in [0, 0.1) is 5.92 Å². The number of aliphatic hydroxyl groups is 1. The molecule has 2 aromatic rings. The number of aliphatic hydroxyl groups excluding tert-OH is 1. The van der Waals surface area contributed by atoms with Crippen molar-refractivity contribution >= 4 is 15.9 Å². The number of carbonyl (C=O) groups excluding carboxylic acids is 1. The number of aromatic nitrogens is 3. The lowest BCUT2D eigenvalue weighted by Gasteiger charge is -2.35. The van der Waals surface area contributed by atoms with Crippen molar-refractivity contribution in [2.24, 2.45) is 5.92 Å². The Balaban J connectivity index is 1.89. The van der Waals surface area contributed by atoms with Gasteiger partial charge in [-0.1, -0.05) is 24.3 Å². The highest BCUT2D eigenvalue weighted by molar-refractivity contribution is 7.89. The second kappa shape index (κ2) is 11.9. The molecule has 0 saturated heterocycles. The average molecular weight is 510 g/mol. The van der Waals surface area contributed by atoms with Crippen LogP contribution in [0.2, 0.25) is 0 Å². The van der Waals surface area contributed by atoms with E-state index in [9.17, 15) is 18.3 Å². The van der Waals surface area contributed by atoms with Crippen LogP contribution in [0.1, 0.15) is 32.4 Å². The molecular formula is C23H35N5O6S. The SMILES string of the molecule is COc1ccccc1S(=O)(=O)N(C)C[C@@H]1OCc2cnnn2CCCC(=O)N([C@@H](C)CO)C[C@@H]1C. The summed E-state index contributed by atoms with van der Waals surface area (Å²) < 4.78 is 41.2. The van der Waals surface area contributed by atoms with Crippen molar-refractivity contribution < 1.29 is 27.8 Å². The van der Waals surface area contributed by atoms with Gasteiger partial charge in [0.05, 0.1) is 44.4 Å². The molecule has 194 valence electrons. The first-order valence-corrected chi connectivity index (χ1v) is 13.1. The molecule has 11 nitrogen and oxygen atoms in total. The number of methoxy groups -OCH3 is 1. The minimum atomic E-state index is -3.87. The number of para-hydroxylation sites is 1. The fourth-order valence-electron chi connectivity index (χ4n) is 4.10. The predicted molar refractivity (Wildman–Crippen MR) is 128 cm³/mol. The fourth-order valence-corrected chi connectivity index (χ4v) is 5.43. The van der Waals surface area contributed by atoms with Crippen molar-refractivity contribution in [2.75, 3.05) is 33.9 Å². The van der Waals surface area contributed by atoms with Crippen LogP contribution in [-0.2, 0) is 32.7 Å². The van der Waals surface area contributed by atoms with Gasteiger partial charge in [-0.15, -0.1) is 5.10 Å². The van der Waals surface area contributed by atoms with Crippen LogP contribution in [-0.4, -0.2) is 89.6 Å². The Morgan fingerprint density at radius 2 is 2.09 bits per heavy atom. The average Bonchev–Trinajstić information content (AvgIpc) is 3.30. The van der Waals surface area contributed by atoms with E-state index in [0.29, 0.717) is 25.9 Å². The third-order valence-electron chi connectivity index (χ3n) is 6.33. The predicted octanol–water partition coefficient (Wildman–Crippen LogP) is 1.13. The highest BCUT2D eigenvalue weighted by Crippen LogP contribution is 2.27. The molecule has 1 N–H and O–H groups in total. The lowest BCUT2D eigenvalue weighted by Crippen LogP contribution is -2.47. The summed E-state index contributed by atoms with van der Waals surface area (Å²) in [6, 6.07) is 6.09. The number of fused-ring (bicyclic) bond motifs is 1. The standard InChI is InChI=1S/C23H35N5O6S/c1-17-13-27(18(2)15-29)23(30)10-7-11-28-19(12-24-25-28)16-34-21(17)14-26(3)35(31,32)22-9-6-5-8-20(22)33-4/h5-6,8-9,12,17-18,21,29H,7,10-11,13-16H2,1-4H3/t17-,18-,21-/m0/s1. The second-order valence-corrected chi connectivity index (χ2v) is 10.9. The summed E-state index contributed by atoms with van der Waals surface area (Å²) in [5, 5.41) is 17.8. The minimum absolute atomic E-state index is 0.0542. The van der Waals surface area contributed by atoms with Crippen LogP contribution in [0.15, 0.2) is 35.4 Å². The molecule has 35 heavy (non-hydrogen) atoms. The summed E-state index contributed by atoms with van der Waals surface area (Å²) in [5.74, 6) is -0.0445. The van der Waals surface area contributed by atoms with E-state index in [-0.39, 0.29) is 48.3 Å². The molecule has 0 spiro atoms. The molecule has 1 aromatic carbocycles. The van der Waals surface area contributed by atoms with Crippen LogP contribution < -0.4 is 4.74 Å². The van der Waals surface area contributed by atoms with Crippen molar-refractivity contribution in [3.63, 3.8) is 0 Å². The molecule has 12 heteroatoms. The molecule has 3 atom stereocenters. The molecule has 1 aromatic heterocycles. The Morgan fingerprint density at radius 1 is 1.34 bits per heavy atom. The molecule has 0 bridgehead atoms. The van der Waals surface area contributed by atoms with E-state index >= 15 is 0 Å². The Kier molecular flexibility index (Phi) is 9.22. The molecule has 0 radical (unpaired) electrons. The maximum absolute atomic E-state index is 13.4. The number of nitrogens with zero attached hydrogens (tertiary/aromatic N) is 5. The van der Waals surface area contributed by atoms with E-state index in [1.165, 1.54) is 24.5 Å². The summed E-state index contributed by atoms with van der Waals surface area (Å²) in [6.07, 6.45) is 1.96. The second-order valence-electron chi connectivity index (χ2n) is 8.89. The molecule has 1 aliphatic rings. The van der Waals surface area contributed by atoms with Crippen molar-refractivity contribution in [1.82, 2.24) is 24.2 Å². The Morgan fingerprint density at radius 3 is 2.80 bits per heavy atom. The Hall–Kier alpha value is -2.54. The molecule has 0 fully saturated rings. The van der Waals surface area contributed by atoms with Crippen LogP contribution in [0.3, 0.4) is 0 Å². The first-order valence-electron chi connectivity index (χ1n) is 11.7. The van der Waals surface area contributed by atoms with E-state index in [4.69, 9.17) is 9.47 Å². The van der Waals surface area contributed by atoms with E-state index < -0.39 is 16.1 Å². The van der Waals surface area contributed by atoms with Crippen molar-refractivity contribution in [1.29, 1.82) is 0 Å². The summed E-state index contributed by atoms with van der Waals surface area (Å²) in [6.45, 7) is 4.63. The van der Waals surface area contributed by atoms with Gasteiger partial charge in [0.25, 0.3) is 0 Å². The van der Waals surface area contributed by atoms with Crippen LogP contribution in [0.5, 0.6) is 5.75 Å². The van der Waals surface area contributed by atoms with Gasteiger partial charge < -0.3 is 19.5 Å². The van der Waals surface area contributed by atoms with Gasteiger partial charge >= 0.3 is 0 Å². The molecule has 0 aliphatic carbocycles. The van der Waals surface area contributed by atoms with E-state index in [0.717, 1.165) is 5.69 Å². The van der Waals surface area contributed by atoms with Gasteiger partial charge in [-0.25, -0.2) is 13.1 Å². The first kappa shape index (κ1) is 27.1. The molecule has 1 aliphatic heterocycles. The van der Waals surface area contributed by atoms with Gasteiger partial charge in [-0.2, -0.15) is 4.31 Å². The summed E-state index contributed by atoms with van der Waals surface area (Å²) in [7, 11) is -0.945. The summed E-state index contributed by atoms with van der Waals surface area (Å²) in [4.78, 5) is 14.7. The van der Waals surface area contributed by atoms with E-state index in [2.05, 4.69) is 10.3 Å². The Labute approximate surface area is 206 Å². The highest BCUT2D eigenvalue weighted by Gasteiger charge is 2.32. The fraction of sp³-hybridized carbons (Fsp3) is 0.609. The van der Waals surface area contributed by atoms with Gasteiger partial charge in [0.2, 0.25) is 15.9 Å². The van der Waals surface area contributed by atoms with Crippen LogP contribution in [0.25, 0.3) is 0 Å². The molecule has 2 heterocycles. The van der Waals surface area contributed by atoms with Crippen molar-refractivity contribution in [2.45, 2.75) is 56.9 Å². The zero-order chi connectivity index (χ0) is 25.6. The highest BCUT2D eigenvalue weighted by atomic mass is 32.2. The zero-order valence-corrected chi connectivity index (χ0v) is 21.5. The number of rotatable bonds is 7. The van der Waals surface area contributed by atoms with Crippen LogP contribution >= 0.6 is 0 Å². The van der Waals surface area contributed by atoms with Gasteiger partial charge in [-0.05, 0) is 25.5 Å². The summed E-state index contributed by atoms with van der Waals surface area (Å²) >= 11 is 0. The molecule has 0 unspecified atom stereocenters. The normalized spacial score (nSPS) is 21.2. The number of benzene rings is 1. The van der Waals surface area contributed by atoms with Gasteiger partial charge in [0.15, 0.2) is 0 Å². The quantitative estimate of drug-likeness (QED) is 0.589. The van der Waals surface area contributed by atoms with Gasteiger partial charge in [0.1, 0.15) is 10.6 Å². The number of hydrogen-bond acceptors (Lipinski definition) is 8. The maximum Gasteiger partial charge on any atom is 0.246 e. The number of hydrogen-bond donors (Lipinski definition) is 1. The topological polar surface area (TPSA) is 127 Å². The first-order chi connectivity index (χ1) is 16.7. The number of likely N-dealkylation sites (N-methyl/N-ethyl adjacent to an activating group) is 1. The van der Waals surface area contributed by atoms with Crippen LogP contribution in [0.4, 0.5) is 0 Å². The number of sulfonamides is 1. The monoisotopic (exact) mass is 509 g/mol. The lowest BCUT2D eigenvalue weighted by atomic mass is 10.0. The number of amides is 1. The molecule has 1 amide bonds. The van der Waals surface area contributed by atoms with Crippen molar-refractivity contribution in [3.05, 3.63) is 36.2 Å². The van der Waals surface area contributed by atoms with Gasteiger partial charge in [-0.3, -0.25) is 4.79 Å². The molecule has 0 saturated carbocycles. The smallest absolute Gasteiger partial charge is 0.246 e. The summed E-state index contributed by atoms with van der Waals surface area (Å²) in [5.41, 5.74) is 0.756.